The number of nitrogens with zero attached hydrogens (tertiary/aromatic N) is 3. The fourth-order valence-corrected chi connectivity index (χ4v) is 1.67. The minimum Gasteiger partial charge on any atom is -0.296 e. The van der Waals surface area contributed by atoms with Crippen LogP contribution in [0.25, 0.3) is 0 Å². The highest BCUT2D eigenvalue weighted by Crippen LogP contribution is 2.05. The number of aromatic nitrogens is 1. The Balaban J connectivity index is 1.87. The average molecular weight is 192 g/mol. The molecule has 14 heavy (non-hydrogen) atoms. The van der Waals surface area contributed by atoms with Crippen LogP contribution in [0, 0.1) is 0 Å². The van der Waals surface area contributed by atoms with Gasteiger partial charge >= 0.3 is 0 Å². The summed E-state index contributed by atoms with van der Waals surface area (Å²) in [7, 11) is 0. The van der Waals surface area contributed by atoms with Gasteiger partial charge in [-0.1, -0.05) is 0 Å². The Morgan fingerprint density at radius 2 is 1.79 bits per heavy atom. The zero-order chi connectivity index (χ0) is 9.80. The summed E-state index contributed by atoms with van der Waals surface area (Å²) in [6.45, 7) is 5.05. The van der Waals surface area contributed by atoms with Gasteiger partial charge in [-0.05, 0) is 17.7 Å². The second kappa shape index (κ2) is 4.50. The van der Waals surface area contributed by atoms with Crippen molar-refractivity contribution in [2.45, 2.75) is 6.54 Å². The third-order valence-electron chi connectivity index (χ3n) is 2.56. The van der Waals surface area contributed by atoms with E-state index in [0.717, 1.165) is 32.7 Å². The summed E-state index contributed by atoms with van der Waals surface area (Å²) in [4.78, 5) is 6.42. The smallest absolute Gasteiger partial charge is 0.0271 e. The molecule has 1 aromatic heterocycles. The van der Waals surface area contributed by atoms with E-state index < -0.39 is 0 Å². The number of hydrogen-bond acceptors (Lipinski definition) is 4. The highest BCUT2D eigenvalue weighted by atomic mass is 15.4. The molecule has 76 valence electrons. The lowest BCUT2D eigenvalue weighted by Crippen LogP contribution is -2.48. The van der Waals surface area contributed by atoms with Gasteiger partial charge in [0, 0.05) is 45.1 Å². The number of hydrogen-bond donors (Lipinski definition) is 1. The van der Waals surface area contributed by atoms with Crippen LogP contribution in [-0.2, 0) is 6.54 Å². The van der Waals surface area contributed by atoms with Gasteiger partial charge in [0.2, 0.25) is 0 Å². The van der Waals surface area contributed by atoms with Crippen LogP contribution in [0.1, 0.15) is 5.56 Å². The molecule has 0 unspecified atom stereocenters. The molecule has 1 aromatic rings. The second-order valence-corrected chi connectivity index (χ2v) is 3.67. The van der Waals surface area contributed by atoms with Gasteiger partial charge in [0.25, 0.3) is 0 Å². The van der Waals surface area contributed by atoms with Crippen LogP contribution in [0.5, 0.6) is 0 Å². The molecule has 1 saturated heterocycles. The minimum absolute atomic E-state index is 0.963. The third kappa shape index (κ3) is 2.51. The van der Waals surface area contributed by atoms with Crippen LogP contribution >= 0.6 is 0 Å². The van der Waals surface area contributed by atoms with E-state index >= 15 is 0 Å². The molecule has 1 fully saturated rings. The molecule has 1 aliphatic heterocycles. The maximum absolute atomic E-state index is 5.69. The summed E-state index contributed by atoms with van der Waals surface area (Å²) in [5, 5.41) is 1.88. The van der Waals surface area contributed by atoms with Crippen molar-refractivity contribution in [2.24, 2.45) is 5.84 Å². The summed E-state index contributed by atoms with van der Waals surface area (Å²) < 4.78 is 0. The van der Waals surface area contributed by atoms with Crippen LogP contribution in [0.4, 0.5) is 0 Å². The van der Waals surface area contributed by atoms with E-state index in [0.29, 0.717) is 0 Å². The Labute approximate surface area is 84.3 Å². The topological polar surface area (TPSA) is 45.4 Å². The molecule has 2 heterocycles. The van der Waals surface area contributed by atoms with E-state index in [1.165, 1.54) is 5.56 Å². The Kier molecular flexibility index (Phi) is 3.08. The quantitative estimate of drug-likeness (QED) is 0.674. The first-order valence-corrected chi connectivity index (χ1v) is 4.95. The summed E-state index contributed by atoms with van der Waals surface area (Å²) in [6.07, 6.45) is 3.68. The van der Waals surface area contributed by atoms with Crippen molar-refractivity contribution in [3.63, 3.8) is 0 Å². The predicted octanol–water partition coefficient (Wildman–Crippen LogP) is 0.0729. The summed E-state index contributed by atoms with van der Waals surface area (Å²) in [5.41, 5.74) is 1.32. The van der Waals surface area contributed by atoms with Gasteiger partial charge in [0.05, 0.1) is 0 Å². The van der Waals surface area contributed by atoms with Gasteiger partial charge in [-0.2, -0.15) is 0 Å². The zero-order valence-corrected chi connectivity index (χ0v) is 8.26. The van der Waals surface area contributed by atoms with E-state index in [1.807, 2.05) is 17.4 Å². The molecule has 4 heteroatoms. The average Bonchev–Trinajstić information content (AvgIpc) is 2.23. The Morgan fingerprint density at radius 1 is 1.14 bits per heavy atom. The summed E-state index contributed by atoms with van der Waals surface area (Å²) in [5.74, 6) is 5.69. The first-order chi connectivity index (χ1) is 6.84. The van der Waals surface area contributed by atoms with E-state index in [-0.39, 0.29) is 0 Å². The van der Waals surface area contributed by atoms with E-state index in [2.05, 4.69) is 22.0 Å². The fourth-order valence-electron chi connectivity index (χ4n) is 1.67. The Bertz CT molecular complexity index is 267. The number of pyridine rings is 1. The first kappa shape index (κ1) is 9.58. The van der Waals surface area contributed by atoms with Crippen molar-refractivity contribution in [2.75, 3.05) is 26.2 Å². The molecule has 0 aromatic carbocycles. The molecule has 1 aliphatic rings. The van der Waals surface area contributed by atoms with Crippen molar-refractivity contribution in [1.29, 1.82) is 0 Å². The zero-order valence-electron chi connectivity index (χ0n) is 8.26. The second-order valence-electron chi connectivity index (χ2n) is 3.67. The monoisotopic (exact) mass is 192 g/mol. The van der Waals surface area contributed by atoms with Crippen molar-refractivity contribution in [3.05, 3.63) is 30.1 Å². The Hall–Kier alpha value is -0.970. The lowest BCUT2D eigenvalue weighted by Gasteiger charge is -2.31. The molecule has 0 spiro atoms. The molecule has 0 amide bonds. The Morgan fingerprint density at radius 3 is 2.43 bits per heavy atom. The van der Waals surface area contributed by atoms with Gasteiger partial charge in [0.15, 0.2) is 0 Å². The van der Waals surface area contributed by atoms with Gasteiger partial charge in [-0.3, -0.25) is 15.7 Å². The molecule has 0 aliphatic carbocycles. The minimum atomic E-state index is 0.963. The number of hydrazine groups is 1. The van der Waals surface area contributed by atoms with Gasteiger partial charge in [-0.25, -0.2) is 5.01 Å². The molecule has 0 radical (unpaired) electrons. The van der Waals surface area contributed by atoms with Crippen LogP contribution < -0.4 is 5.84 Å². The van der Waals surface area contributed by atoms with Crippen molar-refractivity contribution < 1.29 is 0 Å². The van der Waals surface area contributed by atoms with Crippen LogP contribution in [0.2, 0.25) is 0 Å². The molecule has 2 N–H and O–H groups in total. The standard InChI is InChI=1S/C10H16N4/c11-14-7-5-13(6-8-14)9-10-1-3-12-4-2-10/h1-4H,5-9,11H2. The van der Waals surface area contributed by atoms with E-state index in [1.54, 1.807) is 0 Å². The number of nitrogens with two attached hydrogens (primary N) is 1. The van der Waals surface area contributed by atoms with Gasteiger partial charge in [-0.15, -0.1) is 0 Å². The highest BCUT2D eigenvalue weighted by Gasteiger charge is 2.13. The van der Waals surface area contributed by atoms with Gasteiger partial charge in [0.1, 0.15) is 0 Å². The van der Waals surface area contributed by atoms with Crippen LogP contribution in [0.3, 0.4) is 0 Å². The molecule has 0 bridgehead atoms. The van der Waals surface area contributed by atoms with Crippen LogP contribution in [-0.4, -0.2) is 41.1 Å². The molecule has 0 saturated carbocycles. The highest BCUT2D eigenvalue weighted by molar-refractivity contribution is 5.09. The molecular weight excluding hydrogens is 176 g/mol. The largest absolute Gasteiger partial charge is 0.296 e. The summed E-state index contributed by atoms with van der Waals surface area (Å²) in [6, 6.07) is 4.13. The van der Waals surface area contributed by atoms with Crippen molar-refractivity contribution in [1.82, 2.24) is 14.9 Å². The summed E-state index contributed by atoms with van der Waals surface area (Å²) >= 11 is 0. The fraction of sp³-hybridized carbons (Fsp3) is 0.500. The van der Waals surface area contributed by atoms with Crippen molar-refractivity contribution in [3.8, 4) is 0 Å². The predicted molar refractivity (Wildman–Crippen MR) is 55.3 cm³/mol. The van der Waals surface area contributed by atoms with Crippen LogP contribution in [0.15, 0.2) is 24.5 Å². The maximum atomic E-state index is 5.69. The SMILES string of the molecule is NN1CCN(Cc2ccncc2)CC1. The molecule has 0 atom stereocenters. The van der Waals surface area contributed by atoms with Crippen molar-refractivity contribution >= 4 is 0 Å². The van der Waals surface area contributed by atoms with E-state index in [4.69, 9.17) is 5.84 Å². The molecule has 2 rings (SSSR count). The number of piperazine rings is 1. The third-order valence-corrected chi connectivity index (χ3v) is 2.56. The number of rotatable bonds is 2. The normalized spacial score (nSPS) is 19.8. The molecule has 4 nitrogen and oxygen atoms in total. The van der Waals surface area contributed by atoms with E-state index in [9.17, 15) is 0 Å². The maximum Gasteiger partial charge on any atom is 0.0271 e. The van der Waals surface area contributed by atoms with Gasteiger partial charge < -0.3 is 0 Å². The first-order valence-electron chi connectivity index (χ1n) is 4.95. The lowest BCUT2D eigenvalue weighted by atomic mass is 10.2. The lowest BCUT2D eigenvalue weighted by molar-refractivity contribution is 0.128. The molecular formula is C10H16N4.